The van der Waals surface area contributed by atoms with Crippen molar-refractivity contribution in [1.82, 2.24) is 14.9 Å². The minimum absolute atomic E-state index is 0.445. The highest BCUT2D eigenvalue weighted by molar-refractivity contribution is 5.84. The average Bonchev–Trinajstić information content (AvgIpc) is 2.75. The lowest BCUT2D eigenvalue weighted by atomic mass is 10.1. The van der Waals surface area contributed by atoms with E-state index in [-0.39, 0.29) is 0 Å². The summed E-state index contributed by atoms with van der Waals surface area (Å²) >= 11 is 0. The van der Waals surface area contributed by atoms with Crippen LogP contribution < -0.4 is 0 Å². The molecule has 0 amide bonds. The topological polar surface area (TPSA) is 60.9 Å². The van der Waals surface area contributed by atoms with Gasteiger partial charge in [-0.1, -0.05) is 5.16 Å². The third-order valence-corrected chi connectivity index (χ3v) is 2.20. The summed E-state index contributed by atoms with van der Waals surface area (Å²) in [4.78, 5) is 10.7. The molecule has 5 heteroatoms. The molecule has 72 valence electrons. The van der Waals surface area contributed by atoms with Crippen molar-refractivity contribution in [2.24, 2.45) is 7.05 Å². The summed E-state index contributed by atoms with van der Waals surface area (Å²) in [5.74, 6) is 0.477. The van der Waals surface area contributed by atoms with Gasteiger partial charge in [0.15, 0.2) is 12.0 Å². The zero-order valence-corrected chi connectivity index (χ0v) is 7.89. The highest BCUT2D eigenvalue weighted by Crippen LogP contribution is 2.24. The molecule has 0 spiro atoms. The molecule has 0 bridgehead atoms. The number of carbonyl (C=O) groups excluding carboxylic acids is 1. The Balaban J connectivity index is 2.59. The fraction of sp³-hybridized carbons (Fsp3) is 0.222. The summed E-state index contributed by atoms with van der Waals surface area (Å²) in [6.07, 6.45) is 3.77. The van der Waals surface area contributed by atoms with Gasteiger partial charge in [-0.2, -0.15) is 5.10 Å². The fourth-order valence-corrected chi connectivity index (χ4v) is 1.26. The summed E-state index contributed by atoms with van der Waals surface area (Å²) in [7, 11) is 1.83. The standard InChI is InChI=1S/C9H9N3O2/c1-6-8(4-10-12(6)2)9-7(5-13)3-11-14-9/h3-5H,1-2H3. The minimum Gasteiger partial charge on any atom is -0.355 e. The molecular weight excluding hydrogens is 182 g/mol. The molecule has 0 N–H and O–H groups in total. The predicted octanol–water partition coefficient (Wildman–Crippen LogP) is 1.20. The number of carbonyl (C=O) groups is 1. The second-order valence-electron chi connectivity index (χ2n) is 3.00. The van der Waals surface area contributed by atoms with Gasteiger partial charge in [0.05, 0.1) is 23.5 Å². The maximum absolute atomic E-state index is 10.7. The van der Waals surface area contributed by atoms with Crippen molar-refractivity contribution in [3.05, 3.63) is 23.7 Å². The van der Waals surface area contributed by atoms with Gasteiger partial charge in [0.1, 0.15) is 0 Å². The molecular formula is C9H9N3O2. The number of aryl methyl sites for hydroxylation is 1. The summed E-state index contributed by atoms with van der Waals surface area (Å²) in [6, 6.07) is 0. The molecule has 0 aliphatic heterocycles. The number of nitrogens with zero attached hydrogens (tertiary/aromatic N) is 3. The molecule has 0 fully saturated rings. The molecule has 0 aliphatic carbocycles. The van der Waals surface area contributed by atoms with Gasteiger partial charge in [-0.25, -0.2) is 0 Å². The van der Waals surface area contributed by atoms with E-state index in [0.717, 1.165) is 17.5 Å². The highest BCUT2D eigenvalue weighted by atomic mass is 16.5. The van der Waals surface area contributed by atoms with Crippen LogP contribution in [0.3, 0.4) is 0 Å². The normalized spacial score (nSPS) is 10.4. The molecule has 0 atom stereocenters. The lowest BCUT2D eigenvalue weighted by molar-refractivity contribution is 0.112. The Labute approximate surface area is 80.3 Å². The quantitative estimate of drug-likeness (QED) is 0.669. The van der Waals surface area contributed by atoms with Crippen LogP contribution in [0.1, 0.15) is 16.1 Å². The van der Waals surface area contributed by atoms with Gasteiger partial charge in [0.25, 0.3) is 0 Å². The third-order valence-electron chi connectivity index (χ3n) is 2.20. The molecule has 14 heavy (non-hydrogen) atoms. The van der Waals surface area contributed by atoms with E-state index in [4.69, 9.17) is 4.52 Å². The predicted molar refractivity (Wildman–Crippen MR) is 48.8 cm³/mol. The molecule has 0 saturated heterocycles. The Hall–Kier alpha value is -1.91. The Kier molecular flexibility index (Phi) is 1.92. The van der Waals surface area contributed by atoms with Crippen LogP contribution in [0.25, 0.3) is 11.3 Å². The van der Waals surface area contributed by atoms with Crippen LogP contribution in [0.15, 0.2) is 16.9 Å². The van der Waals surface area contributed by atoms with Crippen molar-refractivity contribution in [1.29, 1.82) is 0 Å². The van der Waals surface area contributed by atoms with E-state index < -0.39 is 0 Å². The van der Waals surface area contributed by atoms with Gasteiger partial charge < -0.3 is 4.52 Å². The molecule has 2 heterocycles. The van der Waals surface area contributed by atoms with E-state index in [2.05, 4.69) is 10.3 Å². The van der Waals surface area contributed by atoms with E-state index in [1.54, 1.807) is 10.9 Å². The lowest BCUT2D eigenvalue weighted by Gasteiger charge is -1.95. The zero-order valence-electron chi connectivity index (χ0n) is 7.89. The van der Waals surface area contributed by atoms with Crippen molar-refractivity contribution >= 4 is 6.29 Å². The van der Waals surface area contributed by atoms with Crippen LogP contribution in [0, 0.1) is 6.92 Å². The minimum atomic E-state index is 0.445. The van der Waals surface area contributed by atoms with Crippen molar-refractivity contribution in [2.45, 2.75) is 6.92 Å². The van der Waals surface area contributed by atoms with Gasteiger partial charge in [-0.3, -0.25) is 9.48 Å². The molecule has 0 radical (unpaired) electrons. The lowest BCUT2D eigenvalue weighted by Crippen LogP contribution is -1.92. The Morgan fingerprint density at radius 1 is 1.50 bits per heavy atom. The SMILES string of the molecule is Cc1c(-c2oncc2C=O)cnn1C. The first-order chi connectivity index (χ1) is 6.74. The summed E-state index contributed by atoms with van der Waals surface area (Å²) in [6.45, 7) is 1.90. The van der Waals surface area contributed by atoms with Crippen molar-refractivity contribution in [3.63, 3.8) is 0 Å². The smallest absolute Gasteiger partial charge is 0.180 e. The van der Waals surface area contributed by atoms with Gasteiger partial charge in [-0.05, 0) is 6.92 Å². The van der Waals surface area contributed by atoms with Crippen LogP contribution in [-0.4, -0.2) is 21.2 Å². The average molecular weight is 191 g/mol. The molecule has 0 saturated carbocycles. The zero-order chi connectivity index (χ0) is 10.1. The van der Waals surface area contributed by atoms with Crippen LogP contribution in [0.5, 0.6) is 0 Å². The fourth-order valence-electron chi connectivity index (χ4n) is 1.26. The second-order valence-corrected chi connectivity index (χ2v) is 3.00. The molecule has 2 aromatic rings. The van der Waals surface area contributed by atoms with E-state index >= 15 is 0 Å². The first kappa shape index (κ1) is 8.68. The van der Waals surface area contributed by atoms with E-state index in [1.165, 1.54) is 6.20 Å². The Morgan fingerprint density at radius 3 is 2.86 bits per heavy atom. The Morgan fingerprint density at radius 2 is 2.29 bits per heavy atom. The summed E-state index contributed by atoms with van der Waals surface area (Å²) < 4.78 is 6.72. The van der Waals surface area contributed by atoms with Gasteiger partial charge in [-0.15, -0.1) is 0 Å². The summed E-state index contributed by atoms with van der Waals surface area (Å²) in [5.41, 5.74) is 2.18. The van der Waals surface area contributed by atoms with E-state index in [1.807, 2.05) is 14.0 Å². The second kappa shape index (κ2) is 3.10. The number of aromatic nitrogens is 3. The monoisotopic (exact) mass is 191 g/mol. The molecule has 2 rings (SSSR count). The van der Waals surface area contributed by atoms with E-state index in [0.29, 0.717) is 11.3 Å². The van der Waals surface area contributed by atoms with Crippen LogP contribution in [-0.2, 0) is 7.05 Å². The van der Waals surface area contributed by atoms with Crippen LogP contribution >= 0.6 is 0 Å². The number of hydrogen-bond donors (Lipinski definition) is 0. The van der Waals surface area contributed by atoms with Gasteiger partial charge in [0.2, 0.25) is 0 Å². The summed E-state index contributed by atoms with van der Waals surface area (Å²) in [5, 5.41) is 7.64. The molecule has 0 unspecified atom stereocenters. The maximum atomic E-state index is 10.7. The first-order valence-electron chi connectivity index (χ1n) is 4.13. The molecule has 0 aliphatic rings. The van der Waals surface area contributed by atoms with Crippen molar-refractivity contribution in [3.8, 4) is 11.3 Å². The van der Waals surface area contributed by atoms with Gasteiger partial charge in [0, 0.05) is 12.7 Å². The van der Waals surface area contributed by atoms with Crippen molar-refractivity contribution < 1.29 is 9.32 Å². The van der Waals surface area contributed by atoms with Gasteiger partial charge >= 0.3 is 0 Å². The highest BCUT2D eigenvalue weighted by Gasteiger charge is 2.14. The Bertz CT molecular complexity index is 470. The van der Waals surface area contributed by atoms with Crippen LogP contribution in [0.4, 0.5) is 0 Å². The van der Waals surface area contributed by atoms with E-state index in [9.17, 15) is 4.79 Å². The maximum Gasteiger partial charge on any atom is 0.180 e. The first-order valence-corrected chi connectivity index (χ1v) is 4.13. The largest absolute Gasteiger partial charge is 0.355 e. The molecule has 2 aromatic heterocycles. The number of aldehydes is 1. The van der Waals surface area contributed by atoms with Crippen molar-refractivity contribution in [2.75, 3.05) is 0 Å². The third kappa shape index (κ3) is 1.14. The number of rotatable bonds is 2. The van der Waals surface area contributed by atoms with Crippen LogP contribution in [0.2, 0.25) is 0 Å². The molecule has 0 aromatic carbocycles. The number of hydrogen-bond acceptors (Lipinski definition) is 4. The molecule has 5 nitrogen and oxygen atoms in total.